The summed E-state index contributed by atoms with van der Waals surface area (Å²) in [6.07, 6.45) is 1.76. The Bertz CT molecular complexity index is 800. The van der Waals surface area contributed by atoms with Gasteiger partial charge in [-0.15, -0.1) is 0 Å². The van der Waals surface area contributed by atoms with Crippen molar-refractivity contribution in [1.29, 1.82) is 0 Å². The Labute approximate surface area is 139 Å². The zero-order chi connectivity index (χ0) is 17.8. The van der Waals surface area contributed by atoms with Gasteiger partial charge in [0.2, 0.25) is 0 Å². The Hall–Kier alpha value is -1.14. The van der Waals surface area contributed by atoms with Gasteiger partial charge in [-0.25, -0.2) is 21.7 Å². The molecule has 0 aliphatic rings. The zero-order valence-corrected chi connectivity index (χ0v) is 15.4. The van der Waals surface area contributed by atoms with Gasteiger partial charge in [-0.3, -0.25) is 4.79 Å². The lowest BCUT2D eigenvalue weighted by Crippen LogP contribution is -2.24. The summed E-state index contributed by atoms with van der Waals surface area (Å²) in [4.78, 5) is 15.8. The summed E-state index contributed by atoms with van der Waals surface area (Å²) in [7, 11) is -6.47. The molecule has 0 aliphatic heterocycles. The first-order valence-electron chi connectivity index (χ1n) is 6.26. The van der Waals surface area contributed by atoms with E-state index >= 15 is 0 Å². The molecular formula is C12H17NO7S3. The normalized spacial score (nSPS) is 12.2. The Morgan fingerprint density at radius 2 is 1.65 bits per heavy atom. The molecule has 1 N–H and O–H groups in total. The fourth-order valence-electron chi connectivity index (χ4n) is 1.69. The van der Waals surface area contributed by atoms with Crippen LogP contribution in [0.25, 0.3) is 0 Å². The van der Waals surface area contributed by atoms with Crippen LogP contribution in [0.4, 0.5) is 0 Å². The first-order chi connectivity index (χ1) is 10.5. The molecule has 1 aromatic rings. The number of nitrogens with one attached hydrogen (secondary N) is 1. The molecule has 0 fully saturated rings. The number of sulfone groups is 2. The Kier molecular flexibility index (Phi) is 6.59. The van der Waals surface area contributed by atoms with Gasteiger partial charge in [0, 0.05) is 19.1 Å². The first kappa shape index (κ1) is 19.9. The summed E-state index contributed by atoms with van der Waals surface area (Å²) in [6.45, 7) is 2.01. The molecule has 0 spiro atoms. The number of hydrogen-bond acceptors (Lipinski definition) is 8. The van der Waals surface area contributed by atoms with E-state index in [0.717, 1.165) is 24.6 Å². The lowest BCUT2D eigenvalue weighted by atomic mass is 10.2. The van der Waals surface area contributed by atoms with E-state index in [-0.39, 0.29) is 10.5 Å². The molecule has 0 heterocycles. The van der Waals surface area contributed by atoms with Crippen molar-refractivity contribution in [2.24, 2.45) is 0 Å². The molecule has 0 radical (unpaired) electrons. The van der Waals surface area contributed by atoms with Gasteiger partial charge >= 0.3 is 0 Å². The molecule has 23 heavy (non-hydrogen) atoms. The molecule has 0 bridgehead atoms. The Balaban J connectivity index is 3.71. The van der Waals surface area contributed by atoms with E-state index in [0.29, 0.717) is 18.6 Å². The van der Waals surface area contributed by atoms with Gasteiger partial charge in [0.25, 0.3) is 5.91 Å². The van der Waals surface area contributed by atoms with Gasteiger partial charge in [-0.1, -0.05) is 0 Å². The summed E-state index contributed by atoms with van der Waals surface area (Å²) in [5, 5.41) is 2.52. The topological polar surface area (TPSA) is 116 Å². The van der Waals surface area contributed by atoms with E-state index in [9.17, 15) is 21.6 Å². The number of carbonyl (C=O) groups excluding carboxylic acids is 1. The Morgan fingerprint density at radius 3 is 2.09 bits per heavy atom. The zero-order valence-electron chi connectivity index (χ0n) is 12.9. The Morgan fingerprint density at radius 1 is 1.13 bits per heavy atom. The van der Waals surface area contributed by atoms with Crippen molar-refractivity contribution in [1.82, 2.24) is 5.32 Å². The lowest BCUT2D eigenvalue weighted by molar-refractivity contribution is -0.160. The van der Waals surface area contributed by atoms with E-state index in [1.807, 2.05) is 0 Å². The second kappa shape index (κ2) is 7.62. The van der Waals surface area contributed by atoms with Gasteiger partial charge < -0.3 is 5.32 Å². The summed E-state index contributed by atoms with van der Waals surface area (Å²) in [5.74, 6) is -0.556. The molecule has 8 nitrogen and oxygen atoms in total. The molecular weight excluding hydrogens is 366 g/mol. The van der Waals surface area contributed by atoms with Crippen LogP contribution in [0.2, 0.25) is 0 Å². The van der Waals surface area contributed by atoms with Crippen molar-refractivity contribution in [3.63, 3.8) is 0 Å². The largest absolute Gasteiger partial charge is 0.352 e. The highest BCUT2D eigenvalue weighted by Gasteiger charge is 2.26. The summed E-state index contributed by atoms with van der Waals surface area (Å²) in [6, 6.07) is 2.11. The van der Waals surface area contributed by atoms with Crippen molar-refractivity contribution in [3.05, 3.63) is 17.7 Å². The number of benzene rings is 1. The maximum Gasteiger partial charge on any atom is 0.252 e. The highest BCUT2D eigenvalue weighted by Crippen LogP contribution is 2.32. The van der Waals surface area contributed by atoms with Crippen molar-refractivity contribution in [2.45, 2.75) is 21.6 Å². The molecule has 0 saturated carbocycles. The fourth-order valence-corrected chi connectivity index (χ4v) is 4.74. The smallest absolute Gasteiger partial charge is 0.252 e. The molecule has 130 valence electrons. The van der Waals surface area contributed by atoms with Gasteiger partial charge in [-0.2, -0.15) is 4.33 Å². The standard InChI is InChI=1S/C12H17NO7S3/c1-5-13-12(14)8-6-10(22(3,15)16)11(23(4,17)18)7-9(8)21-20-19-2/h6-7H,5H2,1-4H3,(H,13,14). The van der Waals surface area contributed by atoms with Gasteiger partial charge in [-0.05, 0) is 19.1 Å². The number of rotatable bonds is 7. The van der Waals surface area contributed by atoms with E-state index in [4.69, 9.17) is 0 Å². The number of hydrogen-bond donors (Lipinski definition) is 1. The van der Waals surface area contributed by atoms with E-state index < -0.39 is 35.4 Å². The number of amides is 1. The van der Waals surface area contributed by atoms with E-state index in [2.05, 4.69) is 14.5 Å². The van der Waals surface area contributed by atoms with Crippen molar-refractivity contribution >= 4 is 37.6 Å². The summed E-state index contributed by atoms with van der Waals surface area (Å²) < 4.78 is 52.2. The maximum absolute atomic E-state index is 12.1. The van der Waals surface area contributed by atoms with Crippen LogP contribution >= 0.6 is 12.0 Å². The summed E-state index contributed by atoms with van der Waals surface area (Å²) in [5.41, 5.74) is -0.0262. The molecule has 0 aliphatic carbocycles. The molecule has 1 aromatic carbocycles. The second-order valence-corrected chi connectivity index (χ2v) is 9.23. The van der Waals surface area contributed by atoms with Gasteiger partial charge in [0.05, 0.1) is 39.4 Å². The van der Waals surface area contributed by atoms with E-state index in [1.165, 1.54) is 7.11 Å². The third-order valence-electron chi connectivity index (χ3n) is 2.62. The highest BCUT2D eigenvalue weighted by atomic mass is 32.2. The predicted octanol–water partition coefficient (Wildman–Crippen LogP) is 0.828. The minimum atomic E-state index is -3.87. The molecule has 0 saturated heterocycles. The van der Waals surface area contributed by atoms with Crippen LogP contribution in [0.15, 0.2) is 26.8 Å². The average molecular weight is 383 g/mol. The predicted molar refractivity (Wildman–Crippen MR) is 84.6 cm³/mol. The van der Waals surface area contributed by atoms with Gasteiger partial charge in [0.15, 0.2) is 19.7 Å². The van der Waals surface area contributed by atoms with E-state index in [1.54, 1.807) is 6.92 Å². The van der Waals surface area contributed by atoms with Crippen LogP contribution in [0.5, 0.6) is 0 Å². The fraction of sp³-hybridized carbons (Fsp3) is 0.417. The van der Waals surface area contributed by atoms with Crippen LogP contribution in [-0.4, -0.2) is 48.9 Å². The van der Waals surface area contributed by atoms with Crippen molar-refractivity contribution in [3.8, 4) is 0 Å². The second-order valence-electron chi connectivity index (χ2n) is 4.52. The molecule has 1 amide bonds. The molecule has 0 unspecified atom stereocenters. The molecule has 0 aromatic heterocycles. The average Bonchev–Trinajstić information content (AvgIpc) is 2.42. The first-order valence-corrected chi connectivity index (χ1v) is 10.8. The van der Waals surface area contributed by atoms with Crippen LogP contribution < -0.4 is 5.32 Å². The van der Waals surface area contributed by atoms with Crippen molar-refractivity contribution < 1.29 is 30.9 Å². The lowest BCUT2D eigenvalue weighted by Gasteiger charge is -2.13. The maximum atomic E-state index is 12.1. The third kappa shape index (κ3) is 5.18. The van der Waals surface area contributed by atoms with Crippen LogP contribution in [-0.2, 0) is 28.9 Å². The van der Waals surface area contributed by atoms with Crippen LogP contribution in [0, 0.1) is 0 Å². The monoisotopic (exact) mass is 383 g/mol. The minimum Gasteiger partial charge on any atom is -0.352 e. The number of carbonyl (C=O) groups is 1. The van der Waals surface area contributed by atoms with Crippen molar-refractivity contribution in [2.75, 3.05) is 26.2 Å². The summed E-state index contributed by atoms with van der Waals surface area (Å²) >= 11 is 0.609. The molecule has 1 rings (SSSR count). The third-order valence-corrected chi connectivity index (χ3v) is 5.74. The van der Waals surface area contributed by atoms with Crippen LogP contribution in [0.1, 0.15) is 17.3 Å². The van der Waals surface area contributed by atoms with Gasteiger partial charge in [0.1, 0.15) is 0 Å². The quantitative estimate of drug-likeness (QED) is 0.418. The SMILES string of the molecule is CCNC(=O)c1cc(S(C)(=O)=O)c(S(C)(=O)=O)cc1SOOC. The van der Waals surface area contributed by atoms with Crippen LogP contribution in [0.3, 0.4) is 0 Å². The molecule has 0 atom stereocenters. The highest BCUT2D eigenvalue weighted by molar-refractivity contribution is 7.95. The molecule has 11 heteroatoms. The minimum absolute atomic E-state index is 0.0262.